The molecule has 6 heteroatoms. The van der Waals surface area contributed by atoms with Gasteiger partial charge in [0, 0.05) is 24.2 Å². The number of nitrogens with zero attached hydrogens (tertiary/aromatic N) is 1. The average Bonchev–Trinajstić information content (AvgIpc) is 2.91. The third kappa shape index (κ3) is 3.67. The van der Waals surface area contributed by atoms with Crippen LogP contribution in [0.2, 0.25) is 0 Å². The number of aliphatic carboxylic acids is 1. The van der Waals surface area contributed by atoms with E-state index >= 15 is 0 Å². The summed E-state index contributed by atoms with van der Waals surface area (Å²) >= 11 is 0. The molecular weight excluding hydrogens is 246 g/mol. The molecule has 0 fully saturated rings. The van der Waals surface area contributed by atoms with Crippen LogP contribution in [0.1, 0.15) is 25.0 Å². The van der Waals surface area contributed by atoms with Crippen molar-refractivity contribution in [1.82, 2.24) is 15.3 Å². The van der Waals surface area contributed by atoms with Crippen LogP contribution in [0.4, 0.5) is 0 Å². The Hall–Kier alpha value is -2.11. The molecular formula is C13H17N3O3. The number of amides is 1. The molecule has 2 rings (SSSR count). The van der Waals surface area contributed by atoms with E-state index in [1.165, 1.54) is 6.33 Å². The highest BCUT2D eigenvalue weighted by molar-refractivity contribution is 5.85. The van der Waals surface area contributed by atoms with E-state index in [1.54, 1.807) is 6.20 Å². The van der Waals surface area contributed by atoms with Gasteiger partial charge in [-0.15, -0.1) is 0 Å². The van der Waals surface area contributed by atoms with E-state index in [4.69, 9.17) is 5.11 Å². The van der Waals surface area contributed by atoms with Crippen molar-refractivity contribution in [3.8, 4) is 0 Å². The van der Waals surface area contributed by atoms with Crippen molar-refractivity contribution in [2.75, 3.05) is 0 Å². The van der Waals surface area contributed by atoms with E-state index in [0.717, 1.165) is 12.8 Å². The zero-order valence-electron chi connectivity index (χ0n) is 10.5. The first-order valence-electron chi connectivity index (χ1n) is 6.32. The second-order valence-corrected chi connectivity index (χ2v) is 4.66. The Bertz CT molecular complexity index is 467. The van der Waals surface area contributed by atoms with Crippen LogP contribution in [-0.4, -0.2) is 33.0 Å². The van der Waals surface area contributed by atoms with E-state index in [1.807, 2.05) is 12.2 Å². The monoisotopic (exact) mass is 263 g/mol. The van der Waals surface area contributed by atoms with Crippen LogP contribution in [-0.2, 0) is 16.0 Å². The highest BCUT2D eigenvalue weighted by atomic mass is 16.4. The summed E-state index contributed by atoms with van der Waals surface area (Å²) in [6, 6.07) is -0.918. The van der Waals surface area contributed by atoms with Crippen LogP contribution in [0.3, 0.4) is 0 Å². The minimum atomic E-state index is -1.03. The van der Waals surface area contributed by atoms with E-state index in [2.05, 4.69) is 15.3 Å². The van der Waals surface area contributed by atoms with Crippen molar-refractivity contribution >= 4 is 11.9 Å². The van der Waals surface area contributed by atoms with Gasteiger partial charge in [0.15, 0.2) is 0 Å². The van der Waals surface area contributed by atoms with Gasteiger partial charge in [-0.05, 0) is 19.3 Å². The molecule has 0 aliphatic heterocycles. The predicted octanol–water partition coefficient (Wildman–Crippen LogP) is 0.878. The lowest BCUT2D eigenvalue weighted by Crippen LogP contribution is -2.45. The molecule has 3 N–H and O–H groups in total. The molecule has 1 heterocycles. The van der Waals surface area contributed by atoms with Gasteiger partial charge in [-0.2, -0.15) is 0 Å². The first kappa shape index (κ1) is 13.3. The summed E-state index contributed by atoms with van der Waals surface area (Å²) in [5, 5.41) is 11.8. The molecule has 1 aromatic rings. The number of imidazole rings is 1. The minimum Gasteiger partial charge on any atom is -0.480 e. The minimum absolute atomic E-state index is 0.117. The quantitative estimate of drug-likeness (QED) is 0.687. The summed E-state index contributed by atoms with van der Waals surface area (Å²) in [5.41, 5.74) is 0.691. The average molecular weight is 263 g/mol. The number of nitrogens with one attached hydrogen (secondary N) is 2. The molecule has 1 aliphatic rings. The molecule has 102 valence electrons. The predicted molar refractivity (Wildman–Crippen MR) is 68.3 cm³/mol. The second kappa shape index (κ2) is 6.17. The fraction of sp³-hybridized carbons (Fsp3) is 0.462. The van der Waals surface area contributed by atoms with Crippen molar-refractivity contribution < 1.29 is 14.7 Å². The molecule has 0 radical (unpaired) electrons. The summed E-state index contributed by atoms with van der Waals surface area (Å²) in [7, 11) is 0. The number of allylic oxidation sites excluding steroid dienone is 2. The highest BCUT2D eigenvalue weighted by Crippen LogP contribution is 2.18. The van der Waals surface area contributed by atoms with Gasteiger partial charge in [0.25, 0.3) is 0 Å². The number of carboxylic acids is 1. The van der Waals surface area contributed by atoms with Gasteiger partial charge < -0.3 is 15.4 Å². The molecule has 0 spiro atoms. The van der Waals surface area contributed by atoms with Crippen molar-refractivity contribution in [2.24, 2.45) is 5.92 Å². The molecule has 19 heavy (non-hydrogen) atoms. The summed E-state index contributed by atoms with van der Waals surface area (Å²) in [4.78, 5) is 29.9. The van der Waals surface area contributed by atoms with Gasteiger partial charge in [-0.25, -0.2) is 9.78 Å². The van der Waals surface area contributed by atoms with Gasteiger partial charge in [-0.1, -0.05) is 12.2 Å². The Morgan fingerprint density at radius 1 is 1.53 bits per heavy atom. The SMILES string of the molecule is O=C(NC(Cc1cnc[nH]1)C(=O)O)C1CC=CCC1. The van der Waals surface area contributed by atoms with Crippen LogP contribution in [0.25, 0.3) is 0 Å². The van der Waals surface area contributed by atoms with E-state index in [0.29, 0.717) is 12.1 Å². The number of H-pyrrole nitrogens is 1. The standard InChI is InChI=1S/C13H17N3O3/c17-12(9-4-2-1-3-5-9)16-11(13(18)19)6-10-7-14-8-15-10/h1-2,7-9,11H,3-6H2,(H,14,15)(H,16,17)(H,18,19). The smallest absolute Gasteiger partial charge is 0.326 e. The van der Waals surface area contributed by atoms with Crippen molar-refractivity contribution in [3.63, 3.8) is 0 Å². The first-order valence-corrected chi connectivity index (χ1v) is 6.32. The van der Waals surface area contributed by atoms with Crippen LogP contribution < -0.4 is 5.32 Å². The zero-order chi connectivity index (χ0) is 13.7. The number of rotatable bonds is 5. The number of carboxylic acid groups (broad SMARTS) is 1. The normalized spacial score (nSPS) is 19.9. The molecule has 6 nitrogen and oxygen atoms in total. The zero-order valence-corrected chi connectivity index (χ0v) is 10.5. The fourth-order valence-electron chi connectivity index (χ4n) is 2.14. The number of carbonyl (C=O) groups excluding carboxylic acids is 1. The lowest BCUT2D eigenvalue weighted by atomic mass is 9.93. The fourth-order valence-corrected chi connectivity index (χ4v) is 2.14. The molecule has 0 saturated carbocycles. The first-order chi connectivity index (χ1) is 9.16. The number of aromatic nitrogens is 2. The third-order valence-electron chi connectivity index (χ3n) is 3.23. The molecule has 2 unspecified atom stereocenters. The summed E-state index contributed by atoms with van der Waals surface area (Å²) in [6.07, 6.45) is 9.61. The van der Waals surface area contributed by atoms with Gasteiger partial charge in [-0.3, -0.25) is 4.79 Å². The summed E-state index contributed by atoms with van der Waals surface area (Å²) < 4.78 is 0. The van der Waals surface area contributed by atoms with Crippen LogP contribution in [0.5, 0.6) is 0 Å². The van der Waals surface area contributed by atoms with Crippen LogP contribution >= 0.6 is 0 Å². The topological polar surface area (TPSA) is 95.1 Å². The van der Waals surface area contributed by atoms with E-state index in [-0.39, 0.29) is 18.2 Å². The molecule has 2 atom stereocenters. The Kier molecular flexibility index (Phi) is 4.33. The summed E-state index contributed by atoms with van der Waals surface area (Å²) in [5.74, 6) is -1.33. The number of hydrogen-bond acceptors (Lipinski definition) is 3. The Morgan fingerprint density at radius 3 is 2.95 bits per heavy atom. The maximum Gasteiger partial charge on any atom is 0.326 e. The molecule has 0 bridgehead atoms. The number of aromatic amines is 1. The van der Waals surface area contributed by atoms with Crippen LogP contribution in [0.15, 0.2) is 24.7 Å². The van der Waals surface area contributed by atoms with Crippen molar-refractivity contribution in [1.29, 1.82) is 0 Å². The summed E-state index contributed by atoms with van der Waals surface area (Å²) in [6.45, 7) is 0. The van der Waals surface area contributed by atoms with E-state index in [9.17, 15) is 9.59 Å². The Morgan fingerprint density at radius 2 is 2.37 bits per heavy atom. The molecule has 1 amide bonds. The van der Waals surface area contributed by atoms with Gasteiger partial charge in [0.05, 0.1) is 6.33 Å². The molecule has 0 saturated heterocycles. The van der Waals surface area contributed by atoms with Crippen molar-refractivity contribution in [2.45, 2.75) is 31.7 Å². The Balaban J connectivity index is 1.94. The van der Waals surface area contributed by atoms with Gasteiger partial charge in [0.1, 0.15) is 6.04 Å². The highest BCUT2D eigenvalue weighted by Gasteiger charge is 2.25. The second-order valence-electron chi connectivity index (χ2n) is 4.66. The van der Waals surface area contributed by atoms with E-state index < -0.39 is 12.0 Å². The number of hydrogen-bond donors (Lipinski definition) is 3. The maximum absolute atomic E-state index is 12.0. The lowest BCUT2D eigenvalue weighted by molar-refractivity contribution is -0.142. The molecule has 1 aromatic heterocycles. The van der Waals surface area contributed by atoms with Crippen LogP contribution in [0, 0.1) is 5.92 Å². The largest absolute Gasteiger partial charge is 0.480 e. The third-order valence-corrected chi connectivity index (χ3v) is 3.23. The molecule has 0 aromatic carbocycles. The van der Waals surface area contributed by atoms with Gasteiger partial charge in [0.2, 0.25) is 5.91 Å². The van der Waals surface area contributed by atoms with Crippen molar-refractivity contribution in [3.05, 3.63) is 30.4 Å². The van der Waals surface area contributed by atoms with Gasteiger partial charge >= 0.3 is 5.97 Å². The molecule has 1 aliphatic carbocycles. The number of carbonyl (C=O) groups is 2. The Labute approximate surface area is 110 Å². The lowest BCUT2D eigenvalue weighted by Gasteiger charge is -2.20. The maximum atomic E-state index is 12.0.